The second-order valence-corrected chi connectivity index (χ2v) is 5.28. The molecule has 16 heavy (non-hydrogen) atoms. The van der Waals surface area contributed by atoms with Gasteiger partial charge in [-0.2, -0.15) is 0 Å². The molecule has 0 aliphatic heterocycles. The molecule has 0 atom stereocenters. The number of hydrogen-bond donors (Lipinski definition) is 1. The first-order chi connectivity index (χ1) is 7.54. The Hall–Kier alpha value is -1.28. The van der Waals surface area contributed by atoms with E-state index in [1.54, 1.807) is 0 Å². The van der Waals surface area contributed by atoms with E-state index in [4.69, 9.17) is 5.73 Å². The van der Waals surface area contributed by atoms with Gasteiger partial charge in [-0.3, -0.25) is 0 Å². The molecule has 2 N–H and O–H groups in total. The largest absolute Gasteiger partial charge is 0.343 e. The van der Waals surface area contributed by atoms with Crippen LogP contribution in [0.3, 0.4) is 0 Å². The quantitative estimate of drug-likeness (QED) is 0.822. The lowest BCUT2D eigenvalue weighted by Crippen LogP contribution is -2.20. The second kappa shape index (κ2) is 3.95. The Balaban J connectivity index is 2.68. The van der Waals surface area contributed by atoms with Gasteiger partial charge < -0.3 is 10.3 Å². The van der Waals surface area contributed by atoms with Crippen molar-refractivity contribution in [3.05, 3.63) is 36.0 Å². The normalized spacial score (nSPS) is 12.2. The molecule has 86 valence electrons. The lowest BCUT2D eigenvalue weighted by atomic mass is 9.92. The molecule has 0 aliphatic carbocycles. The van der Waals surface area contributed by atoms with E-state index in [0.717, 1.165) is 6.54 Å². The summed E-state index contributed by atoms with van der Waals surface area (Å²) in [6.07, 6.45) is 0. The van der Waals surface area contributed by atoms with Gasteiger partial charge in [0.2, 0.25) is 0 Å². The first kappa shape index (κ1) is 11.2. The van der Waals surface area contributed by atoms with Crippen LogP contribution in [0.1, 0.15) is 26.5 Å². The van der Waals surface area contributed by atoms with Gasteiger partial charge in [0.05, 0.1) is 0 Å². The Bertz CT molecular complexity index is 489. The number of hydrogen-bond acceptors (Lipinski definition) is 1. The van der Waals surface area contributed by atoms with E-state index in [1.165, 1.54) is 16.6 Å². The van der Waals surface area contributed by atoms with E-state index in [2.05, 4.69) is 55.7 Å². The summed E-state index contributed by atoms with van der Waals surface area (Å²) in [6, 6.07) is 10.8. The second-order valence-electron chi connectivity index (χ2n) is 5.28. The van der Waals surface area contributed by atoms with Crippen molar-refractivity contribution in [3.8, 4) is 0 Å². The predicted molar refractivity (Wildman–Crippen MR) is 69.7 cm³/mol. The van der Waals surface area contributed by atoms with Crippen LogP contribution in [0.4, 0.5) is 0 Å². The highest BCUT2D eigenvalue weighted by atomic mass is 15.0. The molecular formula is C14H20N2. The highest BCUT2D eigenvalue weighted by molar-refractivity contribution is 5.81. The summed E-state index contributed by atoms with van der Waals surface area (Å²) < 4.78 is 2.34. The van der Waals surface area contributed by atoms with Crippen LogP contribution >= 0.6 is 0 Å². The molecule has 0 saturated carbocycles. The third-order valence-electron chi connectivity index (χ3n) is 2.93. The van der Waals surface area contributed by atoms with Crippen molar-refractivity contribution in [2.75, 3.05) is 6.54 Å². The Morgan fingerprint density at radius 1 is 1.19 bits per heavy atom. The van der Waals surface area contributed by atoms with Crippen LogP contribution in [-0.2, 0) is 12.0 Å². The maximum absolute atomic E-state index is 5.70. The molecule has 1 aromatic heterocycles. The van der Waals surface area contributed by atoms with Gasteiger partial charge >= 0.3 is 0 Å². The maximum Gasteiger partial charge on any atom is 0.0483 e. The summed E-state index contributed by atoms with van der Waals surface area (Å²) in [5.74, 6) is 0. The molecule has 0 radical (unpaired) electrons. The third kappa shape index (κ3) is 1.85. The van der Waals surface area contributed by atoms with E-state index in [-0.39, 0.29) is 5.41 Å². The molecule has 0 unspecified atom stereocenters. The van der Waals surface area contributed by atoms with Crippen LogP contribution in [-0.4, -0.2) is 11.1 Å². The van der Waals surface area contributed by atoms with Crippen LogP contribution < -0.4 is 5.73 Å². The smallest absolute Gasteiger partial charge is 0.0483 e. The molecule has 2 aromatic rings. The minimum atomic E-state index is 0.161. The van der Waals surface area contributed by atoms with Crippen LogP contribution in [0.5, 0.6) is 0 Å². The summed E-state index contributed by atoms with van der Waals surface area (Å²) in [5.41, 5.74) is 8.51. The fraction of sp³-hybridized carbons (Fsp3) is 0.429. The van der Waals surface area contributed by atoms with Gasteiger partial charge in [0, 0.05) is 29.7 Å². The van der Waals surface area contributed by atoms with Crippen molar-refractivity contribution in [2.45, 2.75) is 32.7 Å². The molecule has 2 nitrogen and oxygen atoms in total. The number of aromatic nitrogens is 1. The van der Waals surface area contributed by atoms with Crippen LogP contribution in [0, 0.1) is 0 Å². The zero-order valence-electron chi connectivity index (χ0n) is 10.3. The zero-order valence-corrected chi connectivity index (χ0v) is 10.3. The topological polar surface area (TPSA) is 30.9 Å². The highest BCUT2D eigenvalue weighted by Gasteiger charge is 2.20. The molecular weight excluding hydrogens is 196 g/mol. The summed E-state index contributed by atoms with van der Waals surface area (Å²) in [7, 11) is 0. The molecule has 0 amide bonds. The van der Waals surface area contributed by atoms with E-state index >= 15 is 0 Å². The molecule has 0 spiro atoms. The fourth-order valence-electron chi connectivity index (χ4n) is 2.20. The molecule has 1 heterocycles. The lowest BCUT2D eigenvalue weighted by molar-refractivity contribution is 0.525. The van der Waals surface area contributed by atoms with Crippen molar-refractivity contribution in [3.63, 3.8) is 0 Å². The van der Waals surface area contributed by atoms with E-state index in [0.29, 0.717) is 6.54 Å². The van der Waals surface area contributed by atoms with Crippen LogP contribution in [0.15, 0.2) is 30.3 Å². The standard InChI is InChI=1S/C14H20N2/c1-14(2,3)13-10-11-6-4-5-7-12(11)16(13)9-8-15/h4-7,10H,8-9,15H2,1-3H3. The van der Waals surface area contributed by atoms with Crippen LogP contribution in [0.2, 0.25) is 0 Å². The monoisotopic (exact) mass is 216 g/mol. The maximum atomic E-state index is 5.70. The minimum absolute atomic E-state index is 0.161. The summed E-state index contributed by atoms with van der Waals surface area (Å²) >= 11 is 0. The molecule has 0 aliphatic rings. The van der Waals surface area contributed by atoms with E-state index in [1.807, 2.05) is 0 Å². The van der Waals surface area contributed by atoms with Gasteiger partial charge in [0.15, 0.2) is 0 Å². The molecule has 2 heteroatoms. The minimum Gasteiger partial charge on any atom is -0.343 e. The van der Waals surface area contributed by atoms with Gasteiger partial charge in [0.1, 0.15) is 0 Å². The fourth-order valence-corrected chi connectivity index (χ4v) is 2.20. The third-order valence-corrected chi connectivity index (χ3v) is 2.93. The van der Waals surface area contributed by atoms with Gasteiger partial charge in [-0.1, -0.05) is 39.0 Å². The number of rotatable bonds is 2. The van der Waals surface area contributed by atoms with Crippen molar-refractivity contribution < 1.29 is 0 Å². The summed E-state index contributed by atoms with van der Waals surface area (Å²) in [6.45, 7) is 8.30. The van der Waals surface area contributed by atoms with E-state index in [9.17, 15) is 0 Å². The molecule has 2 rings (SSSR count). The Kier molecular flexibility index (Phi) is 2.76. The van der Waals surface area contributed by atoms with Gasteiger partial charge in [-0.15, -0.1) is 0 Å². The number of para-hydroxylation sites is 1. The molecule has 0 bridgehead atoms. The zero-order chi connectivity index (χ0) is 11.8. The predicted octanol–water partition coefficient (Wildman–Crippen LogP) is 2.90. The molecule has 1 aromatic carbocycles. The lowest BCUT2D eigenvalue weighted by Gasteiger charge is -2.21. The van der Waals surface area contributed by atoms with Gasteiger partial charge in [-0.25, -0.2) is 0 Å². The Morgan fingerprint density at radius 3 is 2.50 bits per heavy atom. The van der Waals surface area contributed by atoms with Crippen molar-refractivity contribution in [1.29, 1.82) is 0 Å². The summed E-state index contributed by atoms with van der Waals surface area (Å²) in [4.78, 5) is 0. The van der Waals surface area contributed by atoms with Gasteiger partial charge in [-0.05, 0) is 17.5 Å². The average molecular weight is 216 g/mol. The Labute approximate surface area is 97.1 Å². The summed E-state index contributed by atoms with van der Waals surface area (Å²) in [5, 5.41) is 1.31. The number of fused-ring (bicyclic) bond motifs is 1. The number of nitrogens with zero attached hydrogens (tertiary/aromatic N) is 1. The number of benzene rings is 1. The Morgan fingerprint density at radius 2 is 1.88 bits per heavy atom. The van der Waals surface area contributed by atoms with Crippen LogP contribution in [0.25, 0.3) is 10.9 Å². The molecule has 0 saturated heterocycles. The van der Waals surface area contributed by atoms with Crippen molar-refractivity contribution >= 4 is 10.9 Å². The van der Waals surface area contributed by atoms with Crippen molar-refractivity contribution in [2.24, 2.45) is 5.73 Å². The average Bonchev–Trinajstić information content (AvgIpc) is 2.58. The SMILES string of the molecule is CC(C)(C)c1cc2ccccc2n1CCN. The highest BCUT2D eigenvalue weighted by Crippen LogP contribution is 2.29. The molecule has 0 fully saturated rings. The first-order valence-electron chi connectivity index (χ1n) is 5.83. The van der Waals surface area contributed by atoms with Crippen molar-refractivity contribution in [1.82, 2.24) is 4.57 Å². The van der Waals surface area contributed by atoms with E-state index < -0.39 is 0 Å². The van der Waals surface area contributed by atoms with Gasteiger partial charge in [0.25, 0.3) is 0 Å². The number of nitrogens with two attached hydrogens (primary N) is 1. The first-order valence-corrected chi connectivity index (χ1v) is 5.83.